The van der Waals surface area contributed by atoms with Gasteiger partial charge < -0.3 is 15.0 Å². The lowest BCUT2D eigenvalue weighted by molar-refractivity contribution is -0.136. The fourth-order valence-corrected chi connectivity index (χ4v) is 1.36. The van der Waals surface area contributed by atoms with E-state index in [0.717, 1.165) is 19.5 Å². The summed E-state index contributed by atoms with van der Waals surface area (Å²) in [7, 11) is 0. The Bertz CT molecular complexity index is 279. The molecule has 0 radical (unpaired) electrons. The Morgan fingerprint density at radius 2 is 1.88 bits per heavy atom. The fourth-order valence-electron chi connectivity index (χ4n) is 1.36. The van der Waals surface area contributed by atoms with Crippen LogP contribution in [-0.2, 0) is 9.53 Å². The van der Waals surface area contributed by atoms with Gasteiger partial charge in [-0.15, -0.1) is 0 Å². The first-order chi connectivity index (χ1) is 7.29. The van der Waals surface area contributed by atoms with Gasteiger partial charge in [-0.1, -0.05) is 0 Å². The molecule has 0 unspecified atom stereocenters. The number of hydrogen-bond acceptors (Lipinski definition) is 3. The highest BCUT2D eigenvalue weighted by Gasteiger charge is 2.27. The highest BCUT2D eigenvalue weighted by atomic mass is 16.6. The number of rotatable bonds is 2. The highest BCUT2D eigenvalue weighted by Crippen LogP contribution is 2.09. The van der Waals surface area contributed by atoms with Crippen LogP contribution in [0.2, 0.25) is 0 Å². The van der Waals surface area contributed by atoms with Crippen LogP contribution in [0.5, 0.6) is 0 Å². The van der Waals surface area contributed by atoms with Crippen LogP contribution in [0.3, 0.4) is 0 Å². The predicted molar refractivity (Wildman–Crippen MR) is 60.0 cm³/mol. The largest absolute Gasteiger partial charge is 0.444 e. The second kappa shape index (κ2) is 4.72. The van der Waals surface area contributed by atoms with Gasteiger partial charge in [0.2, 0.25) is 5.91 Å². The average Bonchev–Trinajstić information content (AvgIpc) is 1.96. The van der Waals surface area contributed by atoms with Crippen LogP contribution in [0, 0.1) is 0 Å². The van der Waals surface area contributed by atoms with Gasteiger partial charge in [-0.3, -0.25) is 4.79 Å². The molecule has 92 valence electrons. The lowest BCUT2D eigenvalue weighted by atomic mass is 10.2. The van der Waals surface area contributed by atoms with Gasteiger partial charge in [0.15, 0.2) is 0 Å². The van der Waals surface area contributed by atoms with E-state index in [-0.39, 0.29) is 5.91 Å². The van der Waals surface area contributed by atoms with Crippen molar-refractivity contribution in [1.82, 2.24) is 10.2 Å². The van der Waals surface area contributed by atoms with Gasteiger partial charge in [0.25, 0.3) is 0 Å². The molecule has 0 bridgehead atoms. The topological polar surface area (TPSA) is 58.6 Å². The summed E-state index contributed by atoms with van der Waals surface area (Å²) in [5.41, 5.74) is -0.538. The third-order valence-corrected chi connectivity index (χ3v) is 2.27. The number of carbonyl (C=O) groups excluding carboxylic acids is 2. The molecule has 1 aliphatic rings. The zero-order valence-electron chi connectivity index (χ0n) is 10.4. The molecule has 5 nitrogen and oxygen atoms in total. The molecule has 0 spiro atoms. The molecule has 0 aromatic carbocycles. The number of nitrogens with one attached hydrogen (secondary N) is 1. The fraction of sp³-hybridized carbons (Fsp3) is 0.818. The van der Waals surface area contributed by atoms with Crippen molar-refractivity contribution in [2.24, 2.45) is 0 Å². The van der Waals surface area contributed by atoms with Gasteiger partial charge >= 0.3 is 6.09 Å². The first kappa shape index (κ1) is 12.8. The smallest absolute Gasteiger partial charge is 0.408 e. The first-order valence-corrected chi connectivity index (χ1v) is 5.58. The number of nitrogens with zero attached hydrogens (tertiary/aromatic N) is 1. The second-order valence-electron chi connectivity index (χ2n) is 5.05. The van der Waals surface area contributed by atoms with E-state index in [0.29, 0.717) is 0 Å². The van der Waals surface area contributed by atoms with Gasteiger partial charge in [-0.25, -0.2) is 4.79 Å². The molecule has 16 heavy (non-hydrogen) atoms. The Labute approximate surface area is 96.1 Å². The molecule has 1 saturated heterocycles. The second-order valence-corrected chi connectivity index (χ2v) is 5.05. The third kappa shape index (κ3) is 3.72. The molecule has 0 aromatic heterocycles. The monoisotopic (exact) mass is 228 g/mol. The van der Waals surface area contributed by atoms with Gasteiger partial charge in [-0.05, 0) is 34.1 Å². The normalized spacial score (nSPS) is 17.4. The van der Waals surface area contributed by atoms with Crippen LogP contribution in [0.15, 0.2) is 0 Å². The van der Waals surface area contributed by atoms with Crippen LogP contribution in [-0.4, -0.2) is 41.6 Å². The number of likely N-dealkylation sites (tertiary alicyclic amines) is 1. The Morgan fingerprint density at radius 3 is 2.25 bits per heavy atom. The van der Waals surface area contributed by atoms with E-state index in [1.54, 1.807) is 32.6 Å². The molecule has 1 fully saturated rings. The Morgan fingerprint density at radius 1 is 1.31 bits per heavy atom. The minimum atomic E-state index is -0.547. The van der Waals surface area contributed by atoms with E-state index >= 15 is 0 Å². The predicted octanol–water partition coefficient (Wildman–Crippen LogP) is 1.13. The van der Waals surface area contributed by atoms with Crippen molar-refractivity contribution in [2.75, 3.05) is 13.1 Å². The van der Waals surface area contributed by atoms with Crippen molar-refractivity contribution in [3.63, 3.8) is 0 Å². The molecule has 0 aliphatic carbocycles. The number of amides is 2. The minimum Gasteiger partial charge on any atom is -0.444 e. The molecule has 1 heterocycles. The Balaban J connectivity index is 2.35. The minimum absolute atomic E-state index is 0.0443. The van der Waals surface area contributed by atoms with E-state index in [2.05, 4.69) is 5.32 Å². The maximum absolute atomic E-state index is 11.7. The van der Waals surface area contributed by atoms with Crippen molar-refractivity contribution in [1.29, 1.82) is 0 Å². The SMILES string of the molecule is C[C@@H](NC(=O)OC(C)(C)C)C(=O)N1CCC1. The van der Waals surface area contributed by atoms with E-state index in [4.69, 9.17) is 4.74 Å². The molecule has 0 aromatic rings. The first-order valence-electron chi connectivity index (χ1n) is 5.58. The van der Waals surface area contributed by atoms with Crippen molar-refractivity contribution < 1.29 is 14.3 Å². The van der Waals surface area contributed by atoms with Gasteiger partial charge in [0, 0.05) is 13.1 Å². The van der Waals surface area contributed by atoms with Crippen LogP contribution >= 0.6 is 0 Å². The molecule has 1 rings (SSSR count). The highest BCUT2D eigenvalue weighted by molar-refractivity contribution is 5.85. The quantitative estimate of drug-likeness (QED) is 0.770. The molecular weight excluding hydrogens is 208 g/mol. The van der Waals surface area contributed by atoms with E-state index < -0.39 is 17.7 Å². The van der Waals surface area contributed by atoms with Crippen LogP contribution < -0.4 is 5.32 Å². The maximum Gasteiger partial charge on any atom is 0.408 e. The van der Waals surface area contributed by atoms with E-state index in [1.807, 2.05) is 0 Å². The van der Waals surface area contributed by atoms with E-state index in [1.165, 1.54) is 0 Å². The van der Waals surface area contributed by atoms with Gasteiger partial charge in [0.1, 0.15) is 11.6 Å². The van der Waals surface area contributed by atoms with Crippen molar-refractivity contribution in [3.05, 3.63) is 0 Å². The van der Waals surface area contributed by atoms with Crippen LogP contribution in [0.1, 0.15) is 34.1 Å². The molecule has 0 saturated carbocycles. The summed E-state index contributed by atoms with van der Waals surface area (Å²) in [6.07, 6.45) is 0.499. The molecule has 2 amide bonds. The number of carbonyl (C=O) groups is 2. The lowest BCUT2D eigenvalue weighted by Gasteiger charge is -2.33. The summed E-state index contributed by atoms with van der Waals surface area (Å²) in [5.74, 6) is -0.0443. The molecule has 5 heteroatoms. The average molecular weight is 228 g/mol. The van der Waals surface area contributed by atoms with Crippen molar-refractivity contribution in [3.8, 4) is 0 Å². The Kier molecular flexibility index (Phi) is 3.78. The zero-order valence-corrected chi connectivity index (χ0v) is 10.4. The van der Waals surface area contributed by atoms with Crippen molar-refractivity contribution in [2.45, 2.75) is 45.8 Å². The van der Waals surface area contributed by atoms with Crippen LogP contribution in [0.4, 0.5) is 4.79 Å². The lowest BCUT2D eigenvalue weighted by Crippen LogP contribution is -2.52. The van der Waals surface area contributed by atoms with Crippen molar-refractivity contribution >= 4 is 12.0 Å². The number of alkyl carbamates (subject to hydrolysis) is 1. The van der Waals surface area contributed by atoms with Gasteiger partial charge in [-0.2, -0.15) is 0 Å². The van der Waals surface area contributed by atoms with Crippen LogP contribution in [0.25, 0.3) is 0 Å². The maximum atomic E-state index is 11.7. The number of ether oxygens (including phenoxy) is 1. The zero-order chi connectivity index (χ0) is 12.3. The summed E-state index contributed by atoms with van der Waals surface area (Å²) in [5, 5.41) is 2.53. The third-order valence-electron chi connectivity index (χ3n) is 2.27. The molecular formula is C11H20N2O3. The Hall–Kier alpha value is -1.26. The number of hydrogen-bond donors (Lipinski definition) is 1. The summed E-state index contributed by atoms with van der Waals surface area (Å²) in [4.78, 5) is 24.8. The summed E-state index contributed by atoms with van der Waals surface area (Å²) < 4.78 is 5.07. The molecule has 1 N–H and O–H groups in total. The molecule has 1 aliphatic heterocycles. The van der Waals surface area contributed by atoms with E-state index in [9.17, 15) is 9.59 Å². The van der Waals surface area contributed by atoms with Gasteiger partial charge in [0.05, 0.1) is 0 Å². The summed E-state index contributed by atoms with van der Waals surface area (Å²) in [6, 6.07) is -0.518. The summed E-state index contributed by atoms with van der Waals surface area (Å²) in [6.45, 7) is 8.61. The standard InChI is InChI=1S/C11H20N2O3/c1-8(9(14)13-6-5-7-13)12-10(15)16-11(2,3)4/h8H,5-7H2,1-4H3,(H,12,15)/t8-/m1/s1. The summed E-state index contributed by atoms with van der Waals surface area (Å²) >= 11 is 0. The molecule has 1 atom stereocenters.